The number of aryl methyl sites for hydroxylation is 1. The van der Waals surface area contributed by atoms with E-state index in [1.807, 2.05) is 6.92 Å². The van der Waals surface area contributed by atoms with Gasteiger partial charge in [-0.15, -0.1) is 0 Å². The Hall–Kier alpha value is -2.50. The molecule has 0 atom stereocenters. The van der Waals surface area contributed by atoms with Crippen LogP contribution in [0, 0.1) is 6.92 Å². The van der Waals surface area contributed by atoms with Gasteiger partial charge in [0.1, 0.15) is 5.76 Å². The Bertz CT molecular complexity index is 593. The maximum atomic E-state index is 11.3. The number of rotatable bonds is 4. The van der Waals surface area contributed by atoms with E-state index in [9.17, 15) is 4.79 Å². The Kier molecular flexibility index (Phi) is 3.70. The zero-order chi connectivity index (χ0) is 13.8. The Balaban J connectivity index is 2.07. The number of benzene rings is 1. The molecule has 0 radical (unpaired) electrons. The first-order valence-electron chi connectivity index (χ1n) is 5.73. The van der Waals surface area contributed by atoms with Crippen LogP contribution in [0.3, 0.4) is 0 Å². The molecule has 0 bridgehead atoms. The van der Waals surface area contributed by atoms with Gasteiger partial charge in [0.2, 0.25) is 5.89 Å². The normalized spacial score (nSPS) is 10.2. The molecule has 2 rings (SSSR count). The number of anilines is 2. The summed E-state index contributed by atoms with van der Waals surface area (Å²) in [4.78, 5) is 15.4. The van der Waals surface area contributed by atoms with Crippen LogP contribution in [0.5, 0.6) is 0 Å². The first-order chi connectivity index (χ1) is 9.10. The lowest BCUT2D eigenvalue weighted by Gasteiger charge is -2.08. The minimum atomic E-state index is -0.415. The quantitative estimate of drug-likeness (QED) is 0.646. The fraction of sp³-hybridized carbons (Fsp3) is 0.231. The topological polar surface area (TPSA) is 90.4 Å². The van der Waals surface area contributed by atoms with Gasteiger partial charge in [-0.3, -0.25) is 0 Å². The second kappa shape index (κ2) is 5.43. The number of nitrogens with two attached hydrogens (primary N) is 1. The smallest absolute Gasteiger partial charge is 0.337 e. The Morgan fingerprint density at radius 2 is 2.32 bits per heavy atom. The van der Waals surface area contributed by atoms with E-state index in [0.29, 0.717) is 29.4 Å². The van der Waals surface area contributed by atoms with Gasteiger partial charge < -0.3 is 20.2 Å². The molecular weight excluding hydrogens is 246 g/mol. The van der Waals surface area contributed by atoms with Crippen molar-refractivity contribution in [3.63, 3.8) is 0 Å². The van der Waals surface area contributed by atoms with Crippen molar-refractivity contribution < 1.29 is 13.9 Å². The van der Waals surface area contributed by atoms with Crippen LogP contribution < -0.4 is 11.1 Å². The van der Waals surface area contributed by atoms with Crippen LogP contribution in [-0.2, 0) is 11.3 Å². The summed E-state index contributed by atoms with van der Waals surface area (Å²) in [6.07, 6.45) is 1.65. The van der Waals surface area contributed by atoms with Gasteiger partial charge in [0.25, 0.3) is 0 Å². The van der Waals surface area contributed by atoms with Crippen molar-refractivity contribution in [2.75, 3.05) is 18.2 Å². The van der Waals surface area contributed by atoms with Crippen molar-refractivity contribution in [1.29, 1.82) is 0 Å². The fourth-order valence-corrected chi connectivity index (χ4v) is 1.62. The van der Waals surface area contributed by atoms with E-state index in [0.717, 1.165) is 5.76 Å². The third-order valence-electron chi connectivity index (χ3n) is 2.57. The zero-order valence-electron chi connectivity index (χ0n) is 10.8. The third kappa shape index (κ3) is 3.04. The second-order valence-corrected chi connectivity index (χ2v) is 4.01. The minimum absolute atomic E-state index is 0.414. The lowest BCUT2D eigenvalue weighted by atomic mass is 10.1. The standard InChI is InChI=1S/C13H15N3O3/c1-8-6-16-12(19-8)7-15-11-4-3-9(5-10(11)14)13(17)18-2/h3-6,15H,7,14H2,1-2H3. The number of aromatic nitrogens is 1. The number of carbonyl (C=O) groups excluding carboxylic acids is 1. The maximum Gasteiger partial charge on any atom is 0.337 e. The number of nitrogens with one attached hydrogen (secondary N) is 1. The highest BCUT2D eigenvalue weighted by Crippen LogP contribution is 2.21. The summed E-state index contributed by atoms with van der Waals surface area (Å²) in [5.74, 6) is 0.918. The van der Waals surface area contributed by atoms with Crippen LogP contribution in [-0.4, -0.2) is 18.1 Å². The monoisotopic (exact) mass is 261 g/mol. The summed E-state index contributed by atoms with van der Waals surface area (Å²) in [6.45, 7) is 2.26. The second-order valence-electron chi connectivity index (χ2n) is 4.01. The molecule has 0 amide bonds. The average Bonchev–Trinajstić information content (AvgIpc) is 2.82. The number of oxazole rings is 1. The Morgan fingerprint density at radius 3 is 2.89 bits per heavy atom. The molecule has 0 saturated carbocycles. The molecular formula is C13H15N3O3. The molecule has 0 fully saturated rings. The number of hydrogen-bond acceptors (Lipinski definition) is 6. The van der Waals surface area contributed by atoms with Gasteiger partial charge in [-0.05, 0) is 25.1 Å². The number of methoxy groups -OCH3 is 1. The molecule has 1 aromatic carbocycles. The highest BCUT2D eigenvalue weighted by molar-refractivity contribution is 5.91. The van der Waals surface area contributed by atoms with Crippen molar-refractivity contribution in [1.82, 2.24) is 4.98 Å². The van der Waals surface area contributed by atoms with E-state index in [1.54, 1.807) is 24.4 Å². The van der Waals surface area contributed by atoms with Gasteiger partial charge in [-0.2, -0.15) is 0 Å². The van der Waals surface area contributed by atoms with Gasteiger partial charge >= 0.3 is 5.97 Å². The predicted molar refractivity (Wildman–Crippen MR) is 70.8 cm³/mol. The summed E-state index contributed by atoms with van der Waals surface area (Å²) in [5, 5.41) is 3.09. The first kappa shape index (κ1) is 12.9. The van der Waals surface area contributed by atoms with E-state index < -0.39 is 5.97 Å². The largest absolute Gasteiger partial charge is 0.465 e. The highest BCUT2D eigenvalue weighted by Gasteiger charge is 2.08. The van der Waals surface area contributed by atoms with Gasteiger partial charge in [0.15, 0.2) is 0 Å². The van der Waals surface area contributed by atoms with E-state index in [-0.39, 0.29) is 0 Å². The van der Waals surface area contributed by atoms with E-state index >= 15 is 0 Å². The molecule has 1 aromatic heterocycles. The molecule has 0 aliphatic carbocycles. The third-order valence-corrected chi connectivity index (χ3v) is 2.57. The molecule has 100 valence electrons. The SMILES string of the molecule is COC(=O)c1ccc(NCc2ncc(C)o2)c(N)c1. The van der Waals surface area contributed by atoms with Crippen LogP contribution in [0.4, 0.5) is 11.4 Å². The average molecular weight is 261 g/mol. The molecule has 3 N–H and O–H groups in total. The Labute approximate surface area is 110 Å². The van der Waals surface area contributed by atoms with Crippen LogP contribution in [0.2, 0.25) is 0 Å². The van der Waals surface area contributed by atoms with Crippen LogP contribution in [0.1, 0.15) is 22.0 Å². The Morgan fingerprint density at radius 1 is 1.53 bits per heavy atom. The molecule has 0 aliphatic heterocycles. The fourth-order valence-electron chi connectivity index (χ4n) is 1.62. The van der Waals surface area contributed by atoms with Crippen molar-refractivity contribution in [2.45, 2.75) is 13.5 Å². The summed E-state index contributed by atoms with van der Waals surface area (Å²) < 4.78 is 9.96. The number of esters is 1. The molecule has 0 unspecified atom stereocenters. The summed E-state index contributed by atoms with van der Waals surface area (Å²) >= 11 is 0. The van der Waals surface area contributed by atoms with Crippen LogP contribution in [0.15, 0.2) is 28.8 Å². The van der Waals surface area contributed by atoms with Gasteiger partial charge in [-0.25, -0.2) is 9.78 Å². The number of nitrogen functional groups attached to an aromatic ring is 1. The van der Waals surface area contributed by atoms with Crippen LogP contribution >= 0.6 is 0 Å². The zero-order valence-corrected chi connectivity index (χ0v) is 10.8. The minimum Gasteiger partial charge on any atom is -0.465 e. The summed E-state index contributed by atoms with van der Waals surface area (Å²) in [6, 6.07) is 4.93. The molecule has 0 aliphatic rings. The van der Waals surface area contributed by atoms with Crippen molar-refractivity contribution in [3.8, 4) is 0 Å². The van der Waals surface area contributed by atoms with Gasteiger partial charge in [0.05, 0.1) is 36.8 Å². The van der Waals surface area contributed by atoms with Crippen molar-refractivity contribution >= 4 is 17.3 Å². The lowest BCUT2D eigenvalue weighted by molar-refractivity contribution is 0.0601. The van der Waals surface area contributed by atoms with Crippen molar-refractivity contribution in [2.24, 2.45) is 0 Å². The van der Waals surface area contributed by atoms with E-state index in [4.69, 9.17) is 10.2 Å². The summed E-state index contributed by atoms with van der Waals surface area (Å²) in [5.41, 5.74) is 7.45. The highest BCUT2D eigenvalue weighted by atomic mass is 16.5. The number of nitrogens with zero attached hydrogens (tertiary/aromatic N) is 1. The molecule has 2 aromatic rings. The molecule has 6 nitrogen and oxygen atoms in total. The maximum absolute atomic E-state index is 11.3. The molecule has 19 heavy (non-hydrogen) atoms. The summed E-state index contributed by atoms with van der Waals surface area (Å²) in [7, 11) is 1.33. The molecule has 0 spiro atoms. The number of hydrogen-bond donors (Lipinski definition) is 2. The van der Waals surface area contributed by atoms with E-state index in [2.05, 4.69) is 15.0 Å². The molecule has 6 heteroatoms. The number of carbonyl (C=O) groups is 1. The lowest BCUT2D eigenvalue weighted by Crippen LogP contribution is -2.06. The van der Waals surface area contributed by atoms with E-state index in [1.165, 1.54) is 7.11 Å². The molecule has 1 heterocycles. The predicted octanol–water partition coefficient (Wildman–Crippen LogP) is 1.96. The first-order valence-corrected chi connectivity index (χ1v) is 5.73. The molecule has 0 saturated heterocycles. The number of ether oxygens (including phenoxy) is 1. The van der Waals surface area contributed by atoms with Crippen LogP contribution in [0.25, 0.3) is 0 Å². The van der Waals surface area contributed by atoms with Gasteiger partial charge in [0, 0.05) is 0 Å². The van der Waals surface area contributed by atoms with Gasteiger partial charge in [-0.1, -0.05) is 0 Å². The van der Waals surface area contributed by atoms with Crippen molar-refractivity contribution in [3.05, 3.63) is 41.6 Å².